The monoisotopic (exact) mass is 414 g/mol. The van der Waals surface area contributed by atoms with Crippen LogP contribution in [0.2, 0.25) is 5.02 Å². The van der Waals surface area contributed by atoms with Crippen LogP contribution < -0.4 is 5.32 Å². The van der Waals surface area contributed by atoms with Gasteiger partial charge < -0.3 is 10.2 Å². The number of amides is 2. The second-order valence-corrected chi connectivity index (χ2v) is 7.57. The number of carbonyl (C=O) groups is 2. The van der Waals surface area contributed by atoms with Crippen LogP contribution in [0.25, 0.3) is 0 Å². The second kappa shape index (κ2) is 11.6. The van der Waals surface area contributed by atoms with E-state index >= 15 is 0 Å². The van der Waals surface area contributed by atoms with Crippen LogP contribution in [0.5, 0.6) is 0 Å². The van der Waals surface area contributed by atoms with Gasteiger partial charge in [-0.05, 0) is 55.0 Å². The molecule has 1 N–H and O–H groups in total. The normalized spacial score (nSPS) is 11.7. The SMILES string of the molecule is CCNC(=O)[C@H](CC)N(Cc1ccc(Cl)cc1)C(=O)CCc1ccc(CC)cc1. The molecule has 0 aromatic heterocycles. The maximum absolute atomic E-state index is 13.1. The maximum Gasteiger partial charge on any atom is 0.242 e. The first-order valence-corrected chi connectivity index (χ1v) is 10.8. The summed E-state index contributed by atoms with van der Waals surface area (Å²) in [6, 6.07) is 15.3. The average molecular weight is 415 g/mol. The number of nitrogens with zero attached hydrogens (tertiary/aromatic N) is 1. The molecule has 0 aliphatic rings. The minimum atomic E-state index is -0.486. The Hall–Kier alpha value is -2.33. The zero-order valence-electron chi connectivity index (χ0n) is 17.6. The van der Waals surface area contributed by atoms with Gasteiger partial charge in [-0.3, -0.25) is 9.59 Å². The van der Waals surface area contributed by atoms with E-state index in [1.807, 2.05) is 38.1 Å². The fourth-order valence-electron chi connectivity index (χ4n) is 3.33. The maximum atomic E-state index is 13.1. The third-order valence-corrected chi connectivity index (χ3v) is 5.31. The molecule has 0 fully saturated rings. The summed E-state index contributed by atoms with van der Waals surface area (Å²) in [5.41, 5.74) is 3.37. The van der Waals surface area contributed by atoms with Crippen molar-refractivity contribution in [2.24, 2.45) is 0 Å². The molecule has 0 aliphatic carbocycles. The molecule has 0 saturated carbocycles. The number of aryl methyl sites for hydroxylation is 2. The smallest absolute Gasteiger partial charge is 0.242 e. The van der Waals surface area contributed by atoms with Gasteiger partial charge in [0.2, 0.25) is 11.8 Å². The van der Waals surface area contributed by atoms with Crippen LogP contribution in [0.3, 0.4) is 0 Å². The van der Waals surface area contributed by atoms with Crippen LogP contribution in [-0.4, -0.2) is 29.3 Å². The zero-order chi connectivity index (χ0) is 21.2. The summed E-state index contributed by atoms with van der Waals surface area (Å²) >= 11 is 5.99. The number of rotatable bonds is 10. The van der Waals surface area contributed by atoms with Gasteiger partial charge >= 0.3 is 0 Å². The van der Waals surface area contributed by atoms with Crippen molar-refractivity contribution in [1.82, 2.24) is 10.2 Å². The van der Waals surface area contributed by atoms with E-state index < -0.39 is 6.04 Å². The Morgan fingerprint density at radius 1 is 0.931 bits per heavy atom. The standard InChI is InChI=1S/C24H31ClN2O2/c1-4-18-7-9-19(10-8-18)13-16-23(28)27(22(5-2)24(29)26-6-3)17-20-11-14-21(25)15-12-20/h7-12,14-15,22H,4-6,13,16-17H2,1-3H3,(H,26,29)/t22-/m0/s1. The zero-order valence-corrected chi connectivity index (χ0v) is 18.3. The Morgan fingerprint density at radius 3 is 2.07 bits per heavy atom. The van der Waals surface area contributed by atoms with Crippen molar-refractivity contribution >= 4 is 23.4 Å². The molecule has 5 heteroatoms. The highest BCUT2D eigenvalue weighted by Gasteiger charge is 2.28. The molecule has 0 heterocycles. The van der Waals surface area contributed by atoms with Crippen molar-refractivity contribution < 1.29 is 9.59 Å². The van der Waals surface area contributed by atoms with Gasteiger partial charge in [-0.15, -0.1) is 0 Å². The highest BCUT2D eigenvalue weighted by Crippen LogP contribution is 2.17. The van der Waals surface area contributed by atoms with Crippen LogP contribution in [0.4, 0.5) is 0 Å². The van der Waals surface area contributed by atoms with Crippen molar-refractivity contribution in [2.45, 2.75) is 59.0 Å². The van der Waals surface area contributed by atoms with Crippen molar-refractivity contribution in [2.75, 3.05) is 6.54 Å². The van der Waals surface area contributed by atoms with Crippen LogP contribution in [0, 0.1) is 0 Å². The number of halogens is 1. The molecule has 29 heavy (non-hydrogen) atoms. The average Bonchev–Trinajstić information content (AvgIpc) is 2.73. The first kappa shape index (κ1) is 23.0. The topological polar surface area (TPSA) is 49.4 Å². The van der Waals surface area contributed by atoms with E-state index in [1.54, 1.807) is 4.90 Å². The molecule has 0 spiro atoms. The summed E-state index contributed by atoms with van der Waals surface area (Å²) < 4.78 is 0. The second-order valence-electron chi connectivity index (χ2n) is 7.14. The van der Waals surface area contributed by atoms with E-state index in [2.05, 4.69) is 36.5 Å². The lowest BCUT2D eigenvalue weighted by atomic mass is 10.0. The largest absolute Gasteiger partial charge is 0.355 e. The van der Waals surface area contributed by atoms with Gasteiger partial charge in [0, 0.05) is 24.5 Å². The molecule has 2 rings (SSSR count). The number of nitrogens with one attached hydrogen (secondary N) is 1. The van der Waals surface area contributed by atoms with Gasteiger partial charge in [0.15, 0.2) is 0 Å². The van der Waals surface area contributed by atoms with Gasteiger partial charge in [0.25, 0.3) is 0 Å². The Bertz CT molecular complexity index is 788. The Labute approximate surface area is 179 Å². The molecular formula is C24H31ClN2O2. The molecule has 0 radical (unpaired) electrons. The first-order valence-electron chi connectivity index (χ1n) is 10.4. The summed E-state index contributed by atoms with van der Waals surface area (Å²) in [5, 5.41) is 3.51. The molecule has 2 amide bonds. The van der Waals surface area contributed by atoms with Crippen molar-refractivity contribution in [3.05, 3.63) is 70.2 Å². The van der Waals surface area contributed by atoms with E-state index in [-0.39, 0.29) is 11.8 Å². The van der Waals surface area contributed by atoms with Crippen LogP contribution in [0.1, 0.15) is 50.3 Å². The number of carbonyl (C=O) groups excluding carboxylic acids is 2. The van der Waals surface area contributed by atoms with Gasteiger partial charge in [-0.2, -0.15) is 0 Å². The fraction of sp³-hybridized carbons (Fsp3) is 0.417. The number of hydrogen-bond donors (Lipinski definition) is 1. The van der Waals surface area contributed by atoms with E-state index in [4.69, 9.17) is 11.6 Å². The lowest BCUT2D eigenvalue weighted by Crippen LogP contribution is -2.49. The lowest BCUT2D eigenvalue weighted by Gasteiger charge is -2.30. The third-order valence-electron chi connectivity index (χ3n) is 5.06. The summed E-state index contributed by atoms with van der Waals surface area (Å²) in [7, 11) is 0. The predicted molar refractivity (Wildman–Crippen MR) is 119 cm³/mol. The summed E-state index contributed by atoms with van der Waals surface area (Å²) in [6.07, 6.45) is 2.59. The Balaban J connectivity index is 2.15. The fourth-order valence-corrected chi connectivity index (χ4v) is 3.46. The molecule has 0 bridgehead atoms. The Morgan fingerprint density at radius 2 is 1.52 bits per heavy atom. The quantitative estimate of drug-likeness (QED) is 0.608. The van der Waals surface area contributed by atoms with Crippen molar-refractivity contribution in [1.29, 1.82) is 0 Å². The molecule has 2 aromatic carbocycles. The van der Waals surface area contributed by atoms with E-state index in [9.17, 15) is 9.59 Å². The van der Waals surface area contributed by atoms with Crippen LogP contribution in [0.15, 0.2) is 48.5 Å². The van der Waals surface area contributed by atoms with Crippen molar-refractivity contribution in [3.8, 4) is 0 Å². The van der Waals surface area contributed by atoms with E-state index in [0.717, 1.165) is 17.5 Å². The number of likely N-dealkylation sites (N-methyl/N-ethyl adjacent to an activating group) is 1. The van der Waals surface area contributed by atoms with E-state index in [0.29, 0.717) is 37.4 Å². The van der Waals surface area contributed by atoms with Gasteiger partial charge in [-0.1, -0.05) is 61.8 Å². The number of benzene rings is 2. The summed E-state index contributed by atoms with van der Waals surface area (Å²) in [5.74, 6) is -0.123. The molecule has 2 aromatic rings. The molecule has 0 unspecified atom stereocenters. The highest BCUT2D eigenvalue weighted by atomic mass is 35.5. The summed E-state index contributed by atoms with van der Waals surface area (Å²) in [4.78, 5) is 27.4. The first-order chi connectivity index (χ1) is 14.0. The molecular weight excluding hydrogens is 384 g/mol. The van der Waals surface area contributed by atoms with Gasteiger partial charge in [0.05, 0.1) is 0 Å². The van der Waals surface area contributed by atoms with Crippen molar-refractivity contribution in [3.63, 3.8) is 0 Å². The van der Waals surface area contributed by atoms with Gasteiger partial charge in [0.1, 0.15) is 6.04 Å². The number of hydrogen-bond acceptors (Lipinski definition) is 2. The highest BCUT2D eigenvalue weighted by molar-refractivity contribution is 6.30. The molecule has 0 aliphatic heterocycles. The third kappa shape index (κ3) is 6.90. The molecule has 4 nitrogen and oxygen atoms in total. The van der Waals surface area contributed by atoms with Crippen LogP contribution in [-0.2, 0) is 29.0 Å². The predicted octanol–water partition coefficient (Wildman–Crippen LogP) is 4.78. The minimum absolute atomic E-state index is 0.0161. The van der Waals surface area contributed by atoms with E-state index in [1.165, 1.54) is 5.56 Å². The lowest BCUT2D eigenvalue weighted by molar-refractivity contribution is -0.141. The Kier molecular flexibility index (Phi) is 9.20. The molecule has 156 valence electrons. The molecule has 1 atom stereocenters. The minimum Gasteiger partial charge on any atom is -0.355 e. The molecule has 0 saturated heterocycles. The van der Waals surface area contributed by atoms with Crippen LogP contribution >= 0.6 is 11.6 Å². The van der Waals surface area contributed by atoms with Gasteiger partial charge in [-0.25, -0.2) is 0 Å². The summed E-state index contributed by atoms with van der Waals surface area (Å²) in [6.45, 7) is 6.88.